The Hall–Kier alpha value is -0.640. The van der Waals surface area contributed by atoms with Gasteiger partial charge in [-0.1, -0.05) is 13.8 Å². The molecule has 1 aliphatic heterocycles. The Morgan fingerprint density at radius 1 is 1.41 bits per heavy atom. The van der Waals surface area contributed by atoms with Crippen LogP contribution in [0.2, 0.25) is 0 Å². The first-order valence-corrected chi connectivity index (χ1v) is 8.82. The van der Waals surface area contributed by atoms with Gasteiger partial charge in [-0.15, -0.1) is 0 Å². The second kappa shape index (κ2) is 8.28. The average Bonchev–Trinajstić information content (AvgIpc) is 2.47. The number of nitrogens with one attached hydrogen (secondary N) is 1. The number of alkyl halides is 2. The minimum atomic E-state index is -3.92. The minimum absolute atomic E-state index is 0.0463. The van der Waals surface area contributed by atoms with Gasteiger partial charge in [0.1, 0.15) is 6.10 Å². The van der Waals surface area contributed by atoms with Crippen molar-refractivity contribution in [3.63, 3.8) is 0 Å². The molecule has 130 valence electrons. The van der Waals surface area contributed by atoms with Crippen molar-refractivity contribution in [2.24, 2.45) is 11.7 Å². The van der Waals surface area contributed by atoms with Gasteiger partial charge in [0.15, 0.2) is 0 Å². The van der Waals surface area contributed by atoms with Gasteiger partial charge in [0.2, 0.25) is 0 Å². The molecule has 1 unspecified atom stereocenters. The molecule has 0 radical (unpaired) electrons. The van der Waals surface area contributed by atoms with Crippen LogP contribution in [0.25, 0.3) is 0 Å². The van der Waals surface area contributed by atoms with Gasteiger partial charge in [-0.2, -0.15) is 8.78 Å². The van der Waals surface area contributed by atoms with E-state index in [0.29, 0.717) is 31.1 Å². The third kappa shape index (κ3) is 5.22. The van der Waals surface area contributed by atoms with E-state index in [9.17, 15) is 22.9 Å². The zero-order valence-electron chi connectivity index (χ0n) is 12.9. The maximum atomic E-state index is 13.8. The predicted octanol–water partition coefficient (Wildman–Crippen LogP) is -0.854. The molecule has 1 rings (SSSR count). The van der Waals surface area contributed by atoms with Crippen molar-refractivity contribution in [2.45, 2.75) is 31.9 Å². The summed E-state index contributed by atoms with van der Waals surface area (Å²) in [7, 11) is -0.801. The van der Waals surface area contributed by atoms with Crippen molar-refractivity contribution in [3.05, 3.63) is 0 Å². The molecule has 0 aromatic rings. The normalized spacial score (nSPS) is 20.9. The fourth-order valence-corrected chi connectivity index (χ4v) is 3.21. The lowest BCUT2D eigenvalue weighted by molar-refractivity contribution is -0.167. The third-order valence-electron chi connectivity index (χ3n) is 3.79. The highest BCUT2D eigenvalue weighted by atomic mass is 32.2. The van der Waals surface area contributed by atoms with Gasteiger partial charge in [-0.05, 0) is 5.92 Å². The Bertz CT molecular complexity index is 400. The van der Waals surface area contributed by atoms with Crippen molar-refractivity contribution in [1.82, 2.24) is 10.2 Å². The van der Waals surface area contributed by atoms with Crippen LogP contribution in [0.1, 0.15) is 13.8 Å². The van der Waals surface area contributed by atoms with Crippen LogP contribution in [0.4, 0.5) is 8.78 Å². The smallest absolute Gasteiger partial charge is 0.351 e. The molecule has 0 bridgehead atoms. The first kappa shape index (κ1) is 19.4. The summed E-state index contributed by atoms with van der Waals surface area (Å²) in [6, 6.07) is -1.18. The van der Waals surface area contributed by atoms with Gasteiger partial charge < -0.3 is 16.2 Å². The molecule has 1 saturated heterocycles. The molecular weight excluding hydrogens is 316 g/mol. The van der Waals surface area contributed by atoms with Crippen LogP contribution >= 0.6 is 0 Å². The Morgan fingerprint density at radius 3 is 2.45 bits per heavy atom. The second-order valence-electron chi connectivity index (χ2n) is 5.83. The number of carbonyl (C=O) groups is 1. The number of halogens is 2. The summed E-state index contributed by atoms with van der Waals surface area (Å²) in [5.41, 5.74) is 5.50. The summed E-state index contributed by atoms with van der Waals surface area (Å²) in [5, 5.41) is 11.7. The van der Waals surface area contributed by atoms with Crippen molar-refractivity contribution in [1.29, 1.82) is 0 Å². The van der Waals surface area contributed by atoms with E-state index in [1.54, 1.807) is 13.8 Å². The summed E-state index contributed by atoms with van der Waals surface area (Å²) in [5.74, 6) is -4.69. The molecule has 1 fully saturated rings. The molecule has 1 aliphatic rings. The molecule has 0 aromatic carbocycles. The van der Waals surface area contributed by atoms with Crippen LogP contribution in [0.5, 0.6) is 0 Å². The number of hydrogen-bond acceptors (Lipinski definition) is 5. The second-order valence-corrected chi connectivity index (χ2v) is 7.53. The van der Waals surface area contributed by atoms with Crippen LogP contribution in [0, 0.1) is 5.92 Å². The molecule has 4 N–H and O–H groups in total. The van der Waals surface area contributed by atoms with E-state index in [1.807, 2.05) is 4.90 Å². The first-order chi connectivity index (χ1) is 10.2. The average molecular weight is 341 g/mol. The predicted molar refractivity (Wildman–Crippen MR) is 81.1 cm³/mol. The Balaban J connectivity index is 2.41. The van der Waals surface area contributed by atoms with Gasteiger partial charge in [0, 0.05) is 54.5 Å². The number of aliphatic hydroxyl groups excluding tert-OH is 1. The van der Waals surface area contributed by atoms with E-state index in [4.69, 9.17) is 5.73 Å². The lowest BCUT2D eigenvalue weighted by Gasteiger charge is -2.29. The lowest BCUT2D eigenvalue weighted by atomic mass is 9.95. The highest BCUT2D eigenvalue weighted by Gasteiger charge is 2.49. The van der Waals surface area contributed by atoms with E-state index >= 15 is 0 Å². The molecule has 1 heterocycles. The number of hydrogen-bond donors (Lipinski definition) is 3. The maximum Gasteiger partial charge on any atom is 0.351 e. The fraction of sp³-hybridized carbons (Fsp3) is 0.923. The molecule has 0 spiro atoms. The molecule has 0 aromatic heterocycles. The summed E-state index contributed by atoms with van der Waals surface area (Å²) < 4.78 is 38.9. The van der Waals surface area contributed by atoms with Crippen molar-refractivity contribution < 1.29 is 22.9 Å². The molecular formula is C13H25F2N3O3S. The van der Waals surface area contributed by atoms with E-state index in [-0.39, 0.29) is 12.5 Å². The topological polar surface area (TPSA) is 95.7 Å². The molecule has 22 heavy (non-hydrogen) atoms. The number of aliphatic hydroxyl groups is 1. The Labute approximate surface area is 131 Å². The van der Waals surface area contributed by atoms with Crippen molar-refractivity contribution in [2.75, 3.05) is 37.7 Å². The molecule has 0 saturated carbocycles. The number of amides is 1. The van der Waals surface area contributed by atoms with Crippen molar-refractivity contribution in [3.8, 4) is 0 Å². The number of nitrogens with zero attached hydrogens (tertiary/aromatic N) is 1. The van der Waals surface area contributed by atoms with Crippen LogP contribution < -0.4 is 11.1 Å². The zero-order chi connectivity index (χ0) is 16.9. The minimum Gasteiger partial charge on any atom is -0.385 e. The van der Waals surface area contributed by atoms with Gasteiger partial charge >= 0.3 is 5.92 Å². The van der Waals surface area contributed by atoms with E-state index < -0.39 is 34.8 Å². The quantitative estimate of drug-likeness (QED) is 0.560. The fourth-order valence-electron chi connectivity index (χ4n) is 2.09. The van der Waals surface area contributed by atoms with Gasteiger partial charge in [0.05, 0.1) is 0 Å². The van der Waals surface area contributed by atoms with Gasteiger partial charge in [-0.25, -0.2) is 0 Å². The highest BCUT2D eigenvalue weighted by molar-refractivity contribution is 7.85. The van der Waals surface area contributed by atoms with Crippen LogP contribution in [0.3, 0.4) is 0 Å². The summed E-state index contributed by atoms with van der Waals surface area (Å²) >= 11 is 0. The molecule has 9 heteroatoms. The van der Waals surface area contributed by atoms with E-state index in [0.717, 1.165) is 0 Å². The maximum absolute atomic E-state index is 13.8. The molecule has 2 atom stereocenters. The number of carbonyl (C=O) groups excluding carboxylic acids is 1. The molecule has 0 aliphatic carbocycles. The molecule has 1 amide bonds. The van der Waals surface area contributed by atoms with E-state index in [2.05, 4.69) is 5.32 Å². The highest BCUT2D eigenvalue weighted by Crippen LogP contribution is 2.23. The third-order valence-corrected chi connectivity index (χ3v) is 5.07. The van der Waals surface area contributed by atoms with Crippen LogP contribution in [-0.4, -0.2) is 75.9 Å². The molecule has 6 nitrogen and oxygen atoms in total. The van der Waals surface area contributed by atoms with E-state index in [1.165, 1.54) is 0 Å². The number of nitrogens with two attached hydrogens (primary N) is 1. The standard InChI is InChI=1S/C13H25F2N3O3S/c1-9(2)10(16)11(19)13(14,15)12(20)17-3-4-18-5-7-22(21)8-6-18/h9-11,19H,3-8,16H2,1-2H3,(H,17,20)/t10-,11?/m0/s1. The van der Waals surface area contributed by atoms with Crippen molar-refractivity contribution >= 4 is 16.7 Å². The van der Waals surface area contributed by atoms with Gasteiger partial charge in [-0.3, -0.25) is 13.9 Å². The van der Waals surface area contributed by atoms with Gasteiger partial charge in [0.25, 0.3) is 5.91 Å². The van der Waals surface area contributed by atoms with Crippen LogP contribution in [-0.2, 0) is 15.6 Å². The Morgan fingerprint density at radius 2 is 1.95 bits per heavy atom. The summed E-state index contributed by atoms with van der Waals surface area (Å²) in [4.78, 5) is 13.5. The SMILES string of the molecule is CC(C)[C@H](N)C(O)C(F)(F)C(=O)NCCN1CCS(=O)CC1. The summed E-state index contributed by atoms with van der Waals surface area (Å²) in [6.07, 6.45) is -2.22. The number of rotatable bonds is 7. The van der Waals surface area contributed by atoms with Crippen LogP contribution in [0.15, 0.2) is 0 Å². The zero-order valence-corrected chi connectivity index (χ0v) is 13.7. The lowest BCUT2D eigenvalue weighted by Crippen LogP contribution is -2.57. The first-order valence-electron chi connectivity index (χ1n) is 7.33. The Kier molecular flexibility index (Phi) is 7.30. The summed E-state index contributed by atoms with van der Waals surface area (Å²) in [6.45, 7) is 4.90. The monoisotopic (exact) mass is 341 g/mol. The largest absolute Gasteiger partial charge is 0.385 e.